The monoisotopic (exact) mass is 225 g/mol. The van der Waals surface area contributed by atoms with Crippen LogP contribution in [0.5, 0.6) is 0 Å². The van der Waals surface area contributed by atoms with Gasteiger partial charge in [-0.05, 0) is 5.56 Å². The topological polar surface area (TPSA) is 49.2 Å². The van der Waals surface area contributed by atoms with E-state index in [4.69, 9.17) is 6.57 Å². The maximum absolute atomic E-state index is 11.0. The van der Waals surface area contributed by atoms with Crippen molar-refractivity contribution >= 4 is 17.3 Å². The van der Waals surface area contributed by atoms with Crippen LogP contribution in [0.15, 0.2) is 36.5 Å². The van der Waals surface area contributed by atoms with E-state index in [1.165, 1.54) is 6.92 Å². The van der Waals surface area contributed by atoms with Crippen molar-refractivity contribution in [3.8, 4) is 11.3 Å². The van der Waals surface area contributed by atoms with Crippen molar-refractivity contribution in [2.24, 2.45) is 0 Å². The summed E-state index contributed by atoms with van der Waals surface area (Å²) in [5.41, 5.74) is 2.61. The number of amides is 1. The van der Waals surface area contributed by atoms with Crippen LogP contribution < -0.4 is 5.32 Å². The van der Waals surface area contributed by atoms with E-state index in [0.29, 0.717) is 11.4 Å². The van der Waals surface area contributed by atoms with E-state index in [1.54, 1.807) is 6.20 Å². The van der Waals surface area contributed by atoms with Gasteiger partial charge in [0.15, 0.2) is 0 Å². The summed E-state index contributed by atoms with van der Waals surface area (Å²) >= 11 is 0. The zero-order valence-electron chi connectivity index (χ0n) is 9.32. The van der Waals surface area contributed by atoms with Crippen molar-refractivity contribution < 1.29 is 4.79 Å². The molecule has 1 amide bonds. The van der Waals surface area contributed by atoms with Crippen molar-refractivity contribution in [2.75, 3.05) is 5.32 Å². The Morgan fingerprint density at radius 2 is 2.06 bits per heavy atom. The molecule has 0 spiro atoms. The molecule has 0 aliphatic heterocycles. The minimum absolute atomic E-state index is 0.187. The second-order valence-corrected chi connectivity index (χ2v) is 3.58. The van der Waals surface area contributed by atoms with Gasteiger partial charge in [-0.3, -0.25) is 4.79 Å². The third-order valence-corrected chi connectivity index (χ3v) is 2.34. The molecule has 0 bridgehead atoms. The molecule has 2 rings (SSSR count). The summed E-state index contributed by atoms with van der Waals surface area (Å²) in [6, 6.07) is 9.55. The molecular weight excluding hydrogens is 214 g/mol. The fraction of sp³-hybridized carbons (Fsp3) is 0.0769. The Morgan fingerprint density at radius 3 is 2.65 bits per heavy atom. The second-order valence-electron chi connectivity index (χ2n) is 3.58. The predicted molar refractivity (Wildman–Crippen MR) is 66.8 cm³/mol. The Kier molecular flexibility index (Phi) is 2.93. The summed E-state index contributed by atoms with van der Waals surface area (Å²) in [5, 5.41) is 2.63. The summed E-state index contributed by atoms with van der Waals surface area (Å²) in [7, 11) is 0. The number of rotatable bonds is 2. The normalized spacial score (nSPS) is 9.65. The van der Waals surface area contributed by atoms with Crippen LogP contribution in [-0.4, -0.2) is 10.9 Å². The Balaban J connectivity index is 2.47. The highest BCUT2D eigenvalue weighted by atomic mass is 16.1. The van der Waals surface area contributed by atoms with Crippen molar-refractivity contribution in [3.05, 3.63) is 47.9 Å². The van der Waals surface area contributed by atoms with E-state index in [2.05, 4.69) is 15.1 Å². The lowest BCUT2D eigenvalue weighted by Crippen LogP contribution is -2.04. The average molecular weight is 225 g/mol. The van der Waals surface area contributed by atoms with Gasteiger partial charge in [0.05, 0.1) is 18.0 Å². The Labute approximate surface area is 99.1 Å². The number of nitrogens with zero attached hydrogens (tertiary/aromatic N) is 1. The number of aromatic nitrogens is 1. The van der Waals surface area contributed by atoms with Crippen molar-refractivity contribution in [1.29, 1.82) is 0 Å². The number of hydrogen-bond acceptors (Lipinski definition) is 1. The molecule has 1 heterocycles. The number of anilines is 1. The summed E-state index contributed by atoms with van der Waals surface area (Å²) in [5.74, 6) is -0.187. The van der Waals surface area contributed by atoms with Crippen LogP contribution in [0.1, 0.15) is 6.92 Å². The van der Waals surface area contributed by atoms with E-state index in [1.807, 2.05) is 30.3 Å². The molecule has 17 heavy (non-hydrogen) atoms. The van der Waals surface area contributed by atoms with E-state index >= 15 is 0 Å². The molecule has 4 heteroatoms. The highest BCUT2D eigenvalue weighted by Gasteiger charge is 2.13. The van der Waals surface area contributed by atoms with Crippen molar-refractivity contribution in [1.82, 2.24) is 4.98 Å². The molecular formula is C13H11N3O. The number of nitrogens with one attached hydrogen (secondary N) is 2. The molecule has 0 fully saturated rings. The summed E-state index contributed by atoms with van der Waals surface area (Å²) in [6.45, 7) is 8.61. The Bertz CT molecular complexity index is 578. The van der Waals surface area contributed by atoms with E-state index in [-0.39, 0.29) is 5.91 Å². The van der Waals surface area contributed by atoms with E-state index in [9.17, 15) is 4.79 Å². The van der Waals surface area contributed by atoms with Crippen LogP contribution in [0, 0.1) is 6.57 Å². The van der Waals surface area contributed by atoms with Crippen LogP contribution in [0.4, 0.5) is 11.4 Å². The molecule has 0 unspecified atom stereocenters. The van der Waals surface area contributed by atoms with Gasteiger partial charge in [0.1, 0.15) is 0 Å². The molecule has 0 saturated heterocycles. The lowest BCUT2D eigenvalue weighted by atomic mass is 10.1. The van der Waals surface area contributed by atoms with Gasteiger partial charge < -0.3 is 10.3 Å². The molecule has 0 aliphatic carbocycles. The Morgan fingerprint density at radius 1 is 1.35 bits per heavy atom. The number of benzene rings is 1. The van der Waals surface area contributed by atoms with Gasteiger partial charge in [0.25, 0.3) is 0 Å². The molecule has 0 aliphatic rings. The van der Waals surface area contributed by atoms with Gasteiger partial charge >= 0.3 is 0 Å². The number of hydrogen-bond donors (Lipinski definition) is 2. The zero-order chi connectivity index (χ0) is 12.3. The quantitative estimate of drug-likeness (QED) is 0.757. The van der Waals surface area contributed by atoms with Crippen LogP contribution in [0.2, 0.25) is 0 Å². The van der Waals surface area contributed by atoms with Crippen LogP contribution in [0.3, 0.4) is 0 Å². The summed E-state index contributed by atoms with van der Waals surface area (Å²) < 4.78 is 0. The number of carbonyl (C=O) groups is 1. The van der Waals surface area contributed by atoms with Crippen molar-refractivity contribution in [2.45, 2.75) is 6.92 Å². The van der Waals surface area contributed by atoms with Gasteiger partial charge in [-0.25, -0.2) is 4.85 Å². The standard InChI is InChI=1S/C13H11N3O/c1-9(17)16-11-8-15-12(13(11)14-2)10-6-4-3-5-7-10/h3-8,15H,1H3,(H,16,17). The number of H-pyrrole nitrogens is 1. The average Bonchev–Trinajstić information content (AvgIpc) is 2.72. The molecule has 1 aromatic carbocycles. The van der Waals surface area contributed by atoms with Gasteiger partial charge in [0, 0.05) is 13.1 Å². The number of carbonyl (C=O) groups excluding carboxylic acids is 1. The second kappa shape index (κ2) is 4.54. The first kappa shape index (κ1) is 11.0. The first-order chi connectivity index (χ1) is 8.22. The van der Waals surface area contributed by atoms with Gasteiger partial charge in [0.2, 0.25) is 11.6 Å². The van der Waals surface area contributed by atoms with Crippen LogP contribution in [0.25, 0.3) is 16.1 Å². The van der Waals surface area contributed by atoms with Gasteiger partial charge in [-0.2, -0.15) is 0 Å². The van der Waals surface area contributed by atoms with Gasteiger partial charge in [-0.15, -0.1) is 0 Å². The maximum atomic E-state index is 11.0. The minimum Gasteiger partial charge on any atom is -0.370 e. The fourth-order valence-corrected chi connectivity index (χ4v) is 1.64. The zero-order valence-corrected chi connectivity index (χ0v) is 9.32. The molecule has 84 valence electrons. The third kappa shape index (κ3) is 2.18. The van der Waals surface area contributed by atoms with Crippen molar-refractivity contribution in [3.63, 3.8) is 0 Å². The molecule has 2 aromatic rings. The maximum Gasteiger partial charge on any atom is 0.234 e. The molecule has 4 nitrogen and oxygen atoms in total. The number of aromatic amines is 1. The smallest absolute Gasteiger partial charge is 0.234 e. The third-order valence-electron chi connectivity index (χ3n) is 2.34. The molecule has 0 atom stereocenters. The fourth-order valence-electron chi connectivity index (χ4n) is 1.64. The minimum atomic E-state index is -0.187. The lowest BCUT2D eigenvalue weighted by molar-refractivity contribution is -0.114. The predicted octanol–water partition coefficient (Wildman–Crippen LogP) is 3.19. The van der Waals surface area contributed by atoms with E-state index < -0.39 is 0 Å². The highest BCUT2D eigenvalue weighted by Crippen LogP contribution is 2.36. The lowest BCUT2D eigenvalue weighted by Gasteiger charge is -2.00. The highest BCUT2D eigenvalue weighted by molar-refractivity contribution is 5.96. The first-order valence-corrected chi connectivity index (χ1v) is 5.14. The first-order valence-electron chi connectivity index (χ1n) is 5.14. The van der Waals surface area contributed by atoms with E-state index in [0.717, 1.165) is 11.3 Å². The Hall–Kier alpha value is -2.54. The largest absolute Gasteiger partial charge is 0.370 e. The molecule has 1 aromatic heterocycles. The molecule has 0 saturated carbocycles. The van der Waals surface area contributed by atoms with Gasteiger partial charge in [-0.1, -0.05) is 30.3 Å². The summed E-state index contributed by atoms with van der Waals surface area (Å²) in [6.07, 6.45) is 1.64. The molecule has 0 radical (unpaired) electrons. The van der Waals surface area contributed by atoms with Crippen LogP contribution in [-0.2, 0) is 4.79 Å². The van der Waals surface area contributed by atoms with Crippen LogP contribution >= 0.6 is 0 Å². The summed E-state index contributed by atoms with van der Waals surface area (Å²) in [4.78, 5) is 17.5. The SMILES string of the molecule is [C-]#[N+]c1c(NC(C)=O)c[nH]c1-c1ccccc1. The molecule has 2 N–H and O–H groups in total.